The fraction of sp³-hybridized carbons (Fsp3) is 0.450. The molecule has 0 unspecified atom stereocenters. The molecule has 2 aliphatic rings. The average Bonchev–Trinajstić information content (AvgIpc) is 2.68. The van der Waals surface area contributed by atoms with Gasteiger partial charge in [0.15, 0.2) is 11.5 Å². The Kier molecular flexibility index (Phi) is 5.14. The second-order valence-electron chi connectivity index (χ2n) is 6.82. The monoisotopic (exact) mass is 339 g/mol. The maximum atomic E-state index is 6.02. The summed E-state index contributed by atoms with van der Waals surface area (Å²) in [7, 11) is 0. The number of aromatic nitrogens is 1. The first-order chi connectivity index (χ1) is 12.4. The molecule has 0 bridgehead atoms. The summed E-state index contributed by atoms with van der Waals surface area (Å²) in [4.78, 5) is 6.70. The highest BCUT2D eigenvalue weighted by Gasteiger charge is 2.23. The molecule has 0 saturated carbocycles. The van der Waals surface area contributed by atoms with Crippen LogP contribution in [-0.4, -0.2) is 48.3 Å². The van der Waals surface area contributed by atoms with E-state index in [9.17, 15) is 0 Å². The minimum atomic E-state index is 0.0864. The summed E-state index contributed by atoms with van der Waals surface area (Å²) >= 11 is 0. The molecule has 4 rings (SSSR count). The summed E-state index contributed by atoms with van der Waals surface area (Å²) in [5.41, 5.74) is 1.29. The first-order valence-corrected chi connectivity index (χ1v) is 9.10. The summed E-state index contributed by atoms with van der Waals surface area (Å²) in [6, 6.07) is 12.6. The Hall–Kier alpha value is -2.11. The van der Waals surface area contributed by atoms with Crippen molar-refractivity contribution in [3.63, 3.8) is 0 Å². The van der Waals surface area contributed by atoms with E-state index in [4.69, 9.17) is 9.47 Å². The minimum Gasteiger partial charge on any atom is -0.486 e. The van der Waals surface area contributed by atoms with Gasteiger partial charge in [0.25, 0.3) is 0 Å². The van der Waals surface area contributed by atoms with Crippen molar-refractivity contribution in [2.24, 2.45) is 0 Å². The molecular formula is C20H25N3O2. The molecule has 0 spiro atoms. The zero-order chi connectivity index (χ0) is 16.9. The van der Waals surface area contributed by atoms with Gasteiger partial charge in [0.05, 0.1) is 0 Å². The van der Waals surface area contributed by atoms with E-state index in [0.717, 1.165) is 37.7 Å². The van der Waals surface area contributed by atoms with Crippen LogP contribution in [0.4, 0.5) is 0 Å². The molecule has 0 aliphatic carbocycles. The zero-order valence-corrected chi connectivity index (χ0v) is 14.4. The van der Waals surface area contributed by atoms with Gasteiger partial charge in [0.2, 0.25) is 0 Å². The Labute approximate surface area is 149 Å². The minimum absolute atomic E-state index is 0.0864. The maximum absolute atomic E-state index is 6.02. The van der Waals surface area contributed by atoms with Crippen molar-refractivity contribution in [2.75, 3.05) is 26.2 Å². The number of nitrogens with zero attached hydrogens (tertiary/aromatic N) is 2. The molecular weight excluding hydrogens is 314 g/mol. The van der Waals surface area contributed by atoms with E-state index in [2.05, 4.69) is 21.3 Å². The third-order valence-electron chi connectivity index (χ3n) is 4.92. The van der Waals surface area contributed by atoms with E-state index in [1.54, 1.807) is 0 Å². The molecule has 1 aromatic heterocycles. The first-order valence-electron chi connectivity index (χ1n) is 9.10. The highest BCUT2D eigenvalue weighted by Crippen LogP contribution is 2.30. The lowest BCUT2D eigenvalue weighted by Crippen LogP contribution is -2.47. The molecule has 2 aromatic rings. The van der Waals surface area contributed by atoms with Gasteiger partial charge in [-0.05, 0) is 49.7 Å². The van der Waals surface area contributed by atoms with Crippen LogP contribution in [-0.2, 0) is 6.54 Å². The smallest absolute Gasteiger partial charge is 0.161 e. The Morgan fingerprint density at radius 1 is 1.08 bits per heavy atom. The van der Waals surface area contributed by atoms with E-state index >= 15 is 0 Å². The van der Waals surface area contributed by atoms with E-state index < -0.39 is 0 Å². The summed E-state index contributed by atoms with van der Waals surface area (Å²) in [5, 5.41) is 3.66. The Bertz CT molecular complexity index is 672. The number of pyridine rings is 1. The number of ether oxygens (including phenoxy) is 2. The van der Waals surface area contributed by atoms with Crippen molar-refractivity contribution in [3.8, 4) is 11.5 Å². The number of nitrogens with one attached hydrogen (secondary N) is 1. The van der Waals surface area contributed by atoms with E-state index in [1.165, 1.54) is 18.4 Å². The molecule has 0 amide bonds. The van der Waals surface area contributed by atoms with Gasteiger partial charge >= 0.3 is 0 Å². The van der Waals surface area contributed by atoms with Gasteiger partial charge in [-0.3, -0.25) is 9.88 Å². The van der Waals surface area contributed by atoms with Crippen LogP contribution in [0.25, 0.3) is 0 Å². The quantitative estimate of drug-likeness (QED) is 0.907. The summed E-state index contributed by atoms with van der Waals surface area (Å²) < 4.78 is 11.8. The molecule has 25 heavy (non-hydrogen) atoms. The van der Waals surface area contributed by atoms with Crippen molar-refractivity contribution in [2.45, 2.75) is 31.5 Å². The molecule has 1 saturated heterocycles. The molecule has 0 radical (unpaired) electrons. The average molecular weight is 339 g/mol. The van der Waals surface area contributed by atoms with Gasteiger partial charge in [-0.25, -0.2) is 0 Å². The zero-order valence-electron chi connectivity index (χ0n) is 14.4. The van der Waals surface area contributed by atoms with Crippen molar-refractivity contribution in [1.29, 1.82) is 0 Å². The van der Waals surface area contributed by atoms with E-state index in [1.807, 2.05) is 42.7 Å². The number of para-hydroxylation sites is 2. The van der Waals surface area contributed by atoms with Crippen molar-refractivity contribution >= 4 is 0 Å². The number of hydrogen-bond acceptors (Lipinski definition) is 5. The number of piperidine rings is 1. The highest BCUT2D eigenvalue weighted by atomic mass is 16.6. The topological polar surface area (TPSA) is 46.6 Å². The van der Waals surface area contributed by atoms with Gasteiger partial charge in [-0.15, -0.1) is 0 Å². The van der Waals surface area contributed by atoms with Gasteiger partial charge < -0.3 is 14.8 Å². The maximum Gasteiger partial charge on any atom is 0.161 e. The molecule has 3 heterocycles. The van der Waals surface area contributed by atoms with Crippen LogP contribution in [0.2, 0.25) is 0 Å². The number of rotatable bonds is 5. The van der Waals surface area contributed by atoms with Crippen LogP contribution >= 0.6 is 0 Å². The van der Waals surface area contributed by atoms with Gasteiger partial charge in [0, 0.05) is 31.5 Å². The number of likely N-dealkylation sites (tertiary alicyclic amines) is 1. The molecule has 2 aliphatic heterocycles. The lowest BCUT2D eigenvalue weighted by molar-refractivity contribution is 0.0843. The highest BCUT2D eigenvalue weighted by molar-refractivity contribution is 5.40. The van der Waals surface area contributed by atoms with Gasteiger partial charge in [-0.2, -0.15) is 0 Å². The van der Waals surface area contributed by atoms with Crippen LogP contribution in [0.3, 0.4) is 0 Å². The fourth-order valence-corrected chi connectivity index (χ4v) is 3.51. The lowest BCUT2D eigenvalue weighted by Gasteiger charge is -2.34. The van der Waals surface area contributed by atoms with Gasteiger partial charge in [0.1, 0.15) is 12.7 Å². The van der Waals surface area contributed by atoms with Crippen molar-refractivity contribution < 1.29 is 9.47 Å². The van der Waals surface area contributed by atoms with Crippen molar-refractivity contribution in [1.82, 2.24) is 15.2 Å². The molecule has 1 N–H and O–H groups in total. The summed E-state index contributed by atoms with van der Waals surface area (Å²) in [6.45, 7) is 4.69. The van der Waals surface area contributed by atoms with Crippen molar-refractivity contribution in [3.05, 3.63) is 54.4 Å². The van der Waals surface area contributed by atoms with Crippen LogP contribution in [0.1, 0.15) is 18.4 Å². The Balaban J connectivity index is 1.19. The van der Waals surface area contributed by atoms with Crippen LogP contribution in [0, 0.1) is 0 Å². The second kappa shape index (κ2) is 7.85. The molecule has 1 aromatic carbocycles. The summed E-state index contributed by atoms with van der Waals surface area (Å²) in [6.07, 6.45) is 6.22. The largest absolute Gasteiger partial charge is 0.486 e. The third-order valence-corrected chi connectivity index (χ3v) is 4.92. The lowest BCUT2D eigenvalue weighted by atomic mass is 10.0. The normalized spacial score (nSPS) is 21.2. The summed E-state index contributed by atoms with van der Waals surface area (Å²) in [5.74, 6) is 1.70. The van der Waals surface area contributed by atoms with Crippen LogP contribution in [0.5, 0.6) is 11.5 Å². The number of fused-ring (bicyclic) bond motifs is 1. The predicted octanol–water partition coefficient (Wildman–Crippen LogP) is 2.48. The SMILES string of the molecule is c1cncc(CN2CCC(NC[C@H]3COc4ccccc4O3)CC2)c1. The van der Waals surface area contributed by atoms with E-state index in [-0.39, 0.29) is 6.10 Å². The molecule has 132 valence electrons. The fourth-order valence-electron chi connectivity index (χ4n) is 3.51. The molecule has 5 heteroatoms. The standard InChI is InChI=1S/C20H25N3O2/c1-2-6-20-19(5-1)24-15-18(25-20)13-22-17-7-10-23(11-8-17)14-16-4-3-9-21-12-16/h1-6,9,12,17-18,22H,7-8,10-11,13-15H2/t18-/m0/s1. The number of benzene rings is 1. The molecule has 5 nitrogen and oxygen atoms in total. The predicted molar refractivity (Wildman–Crippen MR) is 96.9 cm³/mol. The Morgan fingerprint density at radius 3 is 2.72 bits per heavy atom. The third kappa shape index (κ3) is 4.30. The number of hydrogen-bond donors (Lipinski definition) is 1. The van der Waals surface area contributed by atoms with Gasteiger partial charge in [-0.1, -0.05) is 18.2 Å². The first kappa shape index (κ1) is 16.4. The molecule has 1 atom stereocenters. The van der Waals surface area contributed by atoms with E-state index in [0.29, 0.717) is 12.6 Å². The van der Waals surface area contributed by atoms with Crippen LogP contribution < -0.4 is 14.8 Å². The second-order valence-corrected chi connectivity index (χ2v) is 6.82. The van der Waals surface area contributed by atoms with Crippen LogP contribution in [0.15, 0.2) is 48.8 Å². The Morgan fingerprint density at radius 2 is 1.92 bits per heavy atom. The molecule has 1 fully saturated rings.